The van der Waals surface area contributed by atoms with Crippen molar-refractivity contribution in [2.45, 2.75) is 21.6 Å². The first-order valence-corrected chi connectivity index (χ1v) is 15.8. The van der Waals surface area contributed by atoms with E-state index >= 15 is 0 Å². The number of rotatable bonds is 6. The van der Waals surface area contributed by atoms with Gasteiger partial charge in [0.2, 0.25) is 0 Å². The third-order valence-electron chi connectivity index (χ3n) is 7.70. The predicted molar refractivity (Wildman–Crippen MR) is 156 cm³/mol. The lowest BCUT2D eigenvalue weighted by Crippen LogP contribution is -2.30. The Kier molecular flexibility index (Phi) is 5.59. The molecule has 6 nitrogen and oxygen atoms in total. The summed E-state index contributed by atoms with van der Waals surface area (Å²) in [7, 11) is -7.80. The summed E-state index contributed by atoms with van der Waals surface area (Å²) in [6, 6.07) is 36.0. The van der Waals surface area contributed by atoms with Crippen LogP contribution in [0.1, 0.15) is 45.2 Å². The molecule has 0 saturated carbocycles. The van der Waals surface area contributed by atoms with Crippen LogP contribution in [0.2, 0.25) is 0 Å². The highest BCUT2D eigenvalue weighted by Crippen LogP contribution is 2.59. The molecular weight excluding hydrogens is 540 g/mol. The van der Waals surface area contributed by atoms with Gasteiger partial charge in [-0.1, -0.05) is 84.9 Å². The minimum absolute atomic E-state index is 0.152. The summed E-state index contributed by atoms with van der Waals surface area (Å²) < 4.78 is 59.5. The van der Waals surface area contributed by atoms with E-state index in [1.165, 1.54) is 0 Å². The van der Waals surface area contributed by atoms with Gasteiger partial charge in [0.15, 0.2) is 0 Å². The van der Waals surface area contributed by atoms with Crippen LogP contribution >= 0.6 is 0 Å². The van der Waals surface area contributed by atoms with Gasteiger partial charge in [0, 0.05) is 11.8 Å². The van der Waals surface area contributed by atoms with Gasteiger partial charge in [0.1, 0.15) is 0 Å². The van der Waals surface area contributed by atoms with E-state index in [2.05, 4.69) is 33.7 Å². The molecular formula is C32H24N2O4S2. The molecule has 0 radical (unpaired) electrons. The van der Waals surface area contributed by atoms with Gasteiger partial charge in [-0.05, 0) is 69.8 Å². The molecule has 0 saturated heterocycles. The maximum absolute atomic E-state index is 13.5. The minimum Gasteiger partial charge on any atom is -0.279 e. The molecule has 0 aliphatic heterocycles. The predicted octanol–water partition coefficient (Wildman–Crippen LogP) is 6.28. The zero-order valence-electron chi connectivity index (χ0n) is 21.2. The molecule has 2 N–H and O–H groups in total. The molecule has 0 heterocycles. The van der Waals surface area contributed by atoms with E-state index in [0.717, 1.165) is 33.4 Å². The molecule has 0 amide bonds. The highest BCUT2D eigenvalue weighted by molar-refractivity contribution is 7.93. The summed E-state index contributed by atoms with van der Waals surface area (Å²) >= 11 is 0. The molecule has 0 aromatic heterocycles. The average Bonchev–Trinajstić information content (AvgIpc) is 2.99. The molecule has 3 aliphatic rings. The Balaban J connectivity index is 1.46. The summed E-state index contributed by atoms with van der Waals surface area (Å²) in [4.78, 5) is 0.304. The van der Waals surface area contributed by atoms with Crippen molar-refractivity contribution in [1.29, 1.82) is 0 Å². The van der Waals surface area contributed by atoms with E-state index in [9.17, 15) is 16.8 Å². The van der Waals surface area contributed by atoms with Crippen LogP contribution in [-0.4, -0.2) is 16.8 Å². The lowest BCUT2D eigenvalue weighted by atomic mass is 9.60. The van der Waals surface area contributed by atoms with Crippen LogP contribution in [0, 0.1) is 0 Å². The van der Waals surface area contributed by atoms with Crippen molar-refractivity contribution in [3.63, 3.8) is 0 Å². The molecule has 8 rings (SSSR count). The molecule has 198 valence electrons. The lowest BCUT2D eigenvalue weighted by molar-refractivity contribution is 0.599. The summed E-state index contributed by atoms with van der Waals surface area (Å²) in [5, 5.41) is 0. The Morgan fingerprint density at radius 2 is 0.700 bits per heavy atom. The molecule has 5 aromatic rings. The third kappa shape index (κ3) is 3.83. The summed E-state index contributed by atoms with van der Waals surface area (Å²) in [6.45, 7) is 0. The van der Waals surface area contributed by atoms with Gasteiger partial charge in [-0.15, -0.1) is 0 Å². The largest absolute Gasteiger partial charge is 0.279 e. The Morgan fingerprint density at radius 1 is 0.400 bits per heavy atom. The maximum atomic E-state index is 13.5. The zero-order valence-corrected chi connectivity index (χ0v) is 22.8. The van der Waals surface area contributed by atoms with E-state index in [4.69, 9.17) is 0 Å². The quantitative estimate of drug-likeness (QED) is 0.249. The normalized spacial score (nSPS) is 16.9. The van der Waals surface area contributed by atoms with Crippen LogP contribution in [0.15, 0.2) is 131 Å². The lowest BCUT2D eigenvalue weighted by Gasteiger charge is -2.44. The van der Waals surface area contributed by atoms with Crippen LogP contribution in [0.4, 0.5) is 11.4 Å². The second kappa shape index (κ2) is 9.08. The molecule has 0 atom stereocenters. The van der Waals surface area contributed by atoms with E-state index in [-0.39, 0.29) is 21.6 Å². The number of sulfonamides is 2. The maximum Gasteiger partial charge on any atom is 0.261 e. The molecule has 0 fully saturated rings. The molecule has 0 unspecified atom stereocenters. The topological polar surface area (TPSA) is 92.3 Å². The summed E-state index contributed by atoms with van der Waals surface area (Å²) in [6.07, 6.45) is 0. The highest BCUT2D eigenvalue weighted by atomic mass is 32.2. The Bertz CT molecular complexity index is 1800. The van der Waals surface area contributed by atoms with Gasteiger partial charge in [-0.2, -0.15) is 0 Å². The van der Waals surface area contributed by atoms with Gasteiger partial charge in [-0.3, -0.25) is 9.44 Å². The summed E-state index contributed by atoms with van der Waals surface area (Å²) in [5.41, 5.74) is 6.72. The van der Waals surface area contributed by atoms with Gasteiger partial charge in [0.05, 0.1) is 21.2 Å². The van der Waals surface area contributed by atoms with Crippen molar-refractivity contribution in [2.24, 2.45) is 0 Å². The van der Waals surface area contributed by atoms with Gasteiger partial charge < -0.3 is 0 Å². The molecule has 0 spiro atoms. The van der Waals surface area contributed by atoms with Gasteiger partial charge in [-0.25, -0.2) is 16.8 Å². The van der Waals surface area contributed by atoms with Crippen molar-refractivity contribution < 1.29 is 16.8 Å². The van der Waals surface area contributed by atoms with E-state index < -0.39 is 20.0 Å². The monoisotopic (exact) mass is 564 g/mol. The number of hydrogen-bond donors (Lipinski definition) is 2. The fourth-order valence-corrected chi connectivity index (χ4v) is 8.28. The second-order valence-electron chi connectivity index (χ2n) is 9.95. The standard InChI is InChI=1S/C32H24N2O4S2/c35-39(36,21-11-3-1-4-12-21)33-27-19-20-28(34-40(37,38)22-13-5-2-6-14-22)32-30-25-17-9-7-15-23(25)29(31(27)32)24-16-8-10-18-26(24)30/h1-20,29-30,33-34H. The second-order valence-corrected chi connectivity index (χ2v) is 13.3. The number of hydrogen-bond acceptors (Lipinski definition) is 4. The number of anilines is 2. The van der Waals surface area contributed by atoms with Crippen molar-refractivity contribution in [3.8, 4) is 0 Å². The van der Waals surface area contributed by atoms with Crippen molar-refractivity contribution in [1.82, 2.24) is 0 Å². The smallest absolute Gasteiger partial charge is 0.261 e. The average molecular weight is 565 g/mol. The SMILES string of the molecule is O=S(=O)(Nc1ccc(NS(=O)(=O)c2ccccc2)c2c1C1c3ccccc3C2c2ccccc21)c1ccccc1. The van der Waals surface area contributed by atoms with Crippen LogP contribution in [-0.2, 0) is 20.0 Å². The fourth-order valence-electron chi connectivity index (χ4n) is 6.07. The van der Waals surface area contributed by atoms with Crippen LogP contribution in [0.5, 0.6) is 0 Å². The minimum atomic E-state index is -3.90. The fraction of sp³-hybridized carbons (Fsp3) is 0.0625. The Morgan fingerprint density at radius 3 is 1.02 bits per heavy atom. The zero-order chi connectivity index (χ0) is 27.5. The highest BCUT2D eigenvalue weighted by Gasteiger charge is 2.44. The van der Waals surface area contributed by atoms with Crippen LogP contribution in [0.3, 0.4) is 0 Å². The molecule has 8 heteroatoms. The van der Waals surface area contributed by atoms with Crippen molar-refractivity contribution >= 4 is 31.4 Å². The van der Waals surface area contributed by atoms with E-state index in [1.807, 2.05) is 24.3 Å². The first kappa shape index (κ1) is 24.6. The first-order chi connectivity index (χ1) is 19.4. The van der Waals surface area contributed by atoms with Crippen molar-refractivity contribution in [3.05, 3.63) is 155 Å². The number of nitrogens with one attached hydrogen (secondary N) is 2. The summed E-state index contributed by atoms with van der Waals surface area (Å²) in [5.74, 6) is -0.552. The van der Waals surface area contributed by atoms with E-state index in [0.29, 0.717) is 11.4 Å². The van der Waals surface area contributed by atoms with Crippen molar-refractivity contribution in [2.75, 3.05) is 9.44 Å². The van der Waals surface area contributed by atoms with Crippen LogP contribution in [0.25, 0.3) is 0 Å². The molecule has 2 bridgehead atoms. The van der Waals surface area contributed by atoms with E-state index in [1.54, 1.807) is 72.8 Å². The number of benzene rings is 5. The first-order valence-electron chi connectivity index (χ1n) is 12.9. The molecule has 40 heavy (non-hydrogen) atoms. The van der Waals surface area contributed by atoms with Crippen LogP contribution < -0.4 is 9.44 Å². The Labute approximate surface area is 233 Å². The third-order valence-corrected chi connectivity index (χ3v) is 10.5. The van der Waals surface area contributed by atoms with Gasteiger partial charge >= 0.3 is 0 Å². The van der Waals surface area contributed by atoms with Gasteiger partial charge in [0.25, 0.3) is 20.0 Å². The molecule has 3 aliphatic carbocycles. The Hall–Kier alpha value is -4.40. The molecule has 5 aromatic carbocycles.